The fraction of sp³-hybridized carbons (Fsp3) is 0. The second-order valence-electron chi connectivity index (χ2n) is 7.01. The molecule has 4 rings (SSSR count). The van der Waals surface area contributed by atoms with Gasteiger partial charge in [0.25, 0.3) is 0 Å². The molecule has 7 nitrogen and oxygen atoms in total. The average Bonchev–Trinajstić information content (AvgIpc) is 2.85. The van der Waals surface area contributed by atoms with Crippen LogP contribution in [-0.2, 0) is 11.5 Å². The number of nitrogens with zero attached hydrogens (tertiary/aromatic N) is 2. The summed E-state index contributed by atoms with van der Waals surface area (Å²) in [5.41, 5.74) is 2.30. The van der Waals surface area contributed by atoms with Crippen molar-refractivity contribution in [2.24, 2.45) is 0 Å². The highest BCUT2D eigenvalue weighted by Gasteiger charge is 2.10. The molecule has 0 spiro atoms. The molecule has 0 saturated carbocycles. The summed E-state index contributed by atoms with van der Waals surface area (Å²) in [5, 5.41) is 17.8. The van der Waals surface area contributed by atoms with Gasteiger partial charge in [0.1, 0.15) is 23.0 Å². The number of nitriles is 2. The summed E-state index contributed by atoms with van der Waals surface area (Å²) in [4.78, 5) is 0. The van der Waals surface area contributed by atoms with Gasteiger partial charge in [-0.05, 0) is 72.8 Å². The quantitative estimate of drug-likeness (QED) is 0.301. The number of ether oxygens (including phenoxy) is 2. The Kier molecular flexibility index (Phi) is 7.16. The van der Waals surface area contributed by atoms with E-state index >= 15 is 0 Å². The molecule has 0 saturated heterocycles. The van der Waals surface area contributed by atoms with Crippen LogP contribution in [0, 0.1) is 22.7 Å². The van der Waals surface area contributed by atoms with Gasteiger partial charge in [-0.25, -0.2) is 0 Å². The largest absolute Gasteiger partial charge is 0.568 e. The summed E-state index contributed by atoms with van der Waals surface area (Å²) in [6.07, 6.45) is 0. The molecule has 4 aromatic carbocycles. The van der Waals surface area contributed by atoms with Crippen LogP contribution in [0.5, 0.6) is 23.0 Å². The van der Waals surface area contributed by atoms with Gasteiger partial charge in [0.15, 0.2) is 11.5 Å². The zero-order valence-corrected chi connectivity index (χ0v) is 18.6. The molecule has 0 atom stereocenters. The van der Waals surface area contributed by atoms with Crippen molar-refractivity contribution in [1.29, 1.82) is 10.5 Å². The number of rotatable bonds is 8. The molecule has 0 unspecified atom stereocenters. The van der Waals surface area contributed by atoms with Crippen LogP contribution in [0.15, 0.2) is 97.1 Å². The van der Waals surface area contributed by atoms with E-state index in [-0.39, 0.29) is 0 Å². The summed E-state index contributed by atoms with van der Waals surface area (Å²) in [6.45, 7) is 0. The maximum absolute atomic E-state index is 12.6. The van der Waals surface area contributed by atoms with Gasteiger partial charge in [-0.15, -0.1) is 0 Å². The van der Waals surface area contributed by atoms with Crippen molar-refractivity contribution in [3.63, 3.8) is 0 Å². The van der Waals surface area contributed by atoms with E-state index in [4.69, 9.17) is 20.0 Å². The third-order valence-electron chi connectivity index (χ3n) is 4.53. The molecule has 2 N–H and O–H groups in total. The van der Waals surface area contributed by atoms with E-state index in [2.05, 4.69) is 21.6 Å². The van der Waals surface area contributed by atoms with Gasteiger partial charge in [0.05, 0.1) is 34.6 Å². The second kappa shape index (κ2) is 10.8. The summed E-state index contributed by atoms with van der Waals surface area (Å²) >= 11 is -1.62. The first kappa shape index (κ1) is 22.6. The molecule has 0 radical (unpaired) electrons. The molecule has 4 aromatic rings. The molecule has 34 heavy (non-hydrogen) atoms. The van der Waals surface area contributed by atoms with Crippen LogP contribution in [0.1, 0.15) is 11.1 Å². The van der Waals surface area contributed by atoms with Gasteiger partial charge in [0.2, 0.25) is 0 Å². The monoisotopic (exact) mass is 466 g/mol. The second-order valence-corrected chi connectivity index (χ2v) is 7.95. The lowest BCUT2D eigenvalue weighted by Gasteiger charge is -2.14. The standard InChI is InChI=1S/C26H18N4O3S/c27-17-19-7-11-23(12-8-19)32-25-5-1-3-21(15-25)29-34(31)30-22-4-2-6-26(16-22)33-24-13-9-20(18-28)10-14-24/h1-16,29-30H. The zero-order valence-electron chi connectivity index (χ0n) is 17.8. The SMILES string of the molecule is N#Cc1ccc(Oc2cccc(N[S+]([O-])Nc3cccc(Oc4ccc(C#N)cc4)c3)c2)cc1. The molecule has 8 heteroatoms. The van der Waals surface area contributed by atoms with Gasteiger partial charge in [0, 0.05) is 12.1 Å². The highest BCUT2D eigenvalue weighted by Crippen LogP contribution is 2.27. The fourth-order valence-corrected chi connectivity index (χ4v) is 3.69. The first-order chi connectivity index (χ1) is 16.6. The Balaban J connectivity index is 1.36. The molecule has 0 amide bonds. The van der Waals surface area contributed by atoms with Gasteiger partial charge < -0.3 is 14.0 Å². The van der Waals surface area contributed by atoms with E-state index in [0.717, 1.165) is 0 Å². The highest BCUT2D eigenvalue weighted by molar-refractivity contribution is 7.94. The molecule has 0 bridgehead atoms. The van der Waals surface area contributed by atoms with Crippen molar-refractivity contribution in [3.05, 3.63) is 108 Å². The van der Waals surface area contributed by atoms with Gasteiger partial charge in [-0.1, -0.05) is 12.1 Å². The molecule has 0 aliphatic carbocycles. The Labute approximate surface area is 200 Å². The molecule has 0 fully saturated rings. The van der Waals surface area contributed by atoms with Crippen molar-refractivity contribution in [1.82, 2.24) is 0 Å². The van der Waals surface area contributed by atoms with E-state index in [1.54, 1.807) is 97.1 Å². The predicted octanol–water partition coefficient (Wildman–Crippen LogP) is 6.12. The predicted molar refractivity (Wildman–Crippen MR) is 131 cm³/mol. The molecule has 0 aliphatic heterocycles. The lowest BCUT2D eigenvalue weighted by molar-refractivity contribution is 0.482. The normalized spacial score (nSPS) is 10.1. The van der Waals surface area contributed by atoms with Gasteiger partial charge >= 0.3 is 0 Å². The maximum Gasteiger partial charge on any atom is 0.192 e. The molecule has 0 aromatic heterocycles. The van der Waals surface area contributed by atoms with Crippen molar-refractivity contribution >= 4 is 22.9 Å². The van der Waals surface area contributed by atoms with E-state index in [1.807, 2.05) is 0 Å². The average molecular weight is 467 g/mol. The van der Waals surface area contributed by atoms with E-state index < -0.39 is 11.5 Å². The summed E-state index contributed by atoms with van der Waals surface area (Å²) in [5.74, 6) is 2.30. The first-order valence-corrected chi connectivity index (χ1v) is 11.3. The molecule has 166 valence electrons. The Morgan fingerprint density at radius 2 is 1.00 bits per heavy atom. The van der Waals surface area contributed by atoms with E-state index in [9.17, 15) is 4.55 Å². The van der Waals surface area contributed by atoms with Gasteiger partial charge in [-0.3, -0.25) is 0 Å². The third kappa shape index (κ3) is 6.21. The Bertz CT molecular complexity index is 1240. The van der Waals surface area contributed by atoms with Crippen molar-refractivity contribution in [2.45, 2.75) is 0 Å². The Morgan fingerprint density at radius 1 is 0.588 bits per heavy atom. The van der Waals surface area contributed by atoms with Crippen LogP contribution in [0.4, 0.5) is 11.4 Å². The lowest BCUT2D eigenvalue weighted by Crippen LogP contribution is -2.21. The van der Waals surface area contributed by atoms with Crippen molar-refractivity contribution in [2.75, 3.05) is 9.44 Å². The van der Waals surface area contributed by atoms with Crippen LogP contribution < -0.4 is 18.9 Å². The number of hydrogen-bond acceptors (Lipinski definition) is 7. The number of anilines is 2. The van der Waals surface area contributed by atoms with Crippen LogP contribution in [-0.4, -0.2) is 4.55 Å². The third-order valence-corrected chi connectivity index (χ3v) is 5.37. The minimum atomic E-state index is -1.62. The van der Waals surface area contributed by atoms with Gasteiger partial charge in [-0.2, -0.15) is 20.0 Å². The summed E-state index contributed by atoms with van der Waals surface area (Å²) < 4.78 is 30.0. The van der Waals surface area contributed by atoms with Crippen LogP contribution in [0.25, 0.3) is 0 Å². The topological polar surface area (TPSA) is 113 Å². The van der Waals surface area contributed by atoms with Crippen molar-refractivity contribution in [3.8, 4) is 35.1 Å². The maximum atomic E-state index is 12.6. The van der Waals surface area contributed by atoms with E-state index in [1.165, 1.54) is 0 Å². The highest BCUT2D eigenvalue weighted by atomic mass is 32.2. The number of nitrogens with one attached hydrogen (secondary N) is 2. The smallest absolute Gasteiger partial charge is 0.192 e. The zero-order chi connectivity index (χ0) is 23.8. The fourth-order valence-electron chi connectivity index (χ4n) is 2.95. The molecule has 0 heterocycles. The van der Waals surface area contributed by atoms with Crippen LogP contribution >= 0.6 is 0 Å². The first-order valence-electron chi connectivity index (χ1n) is 10.1. The number of hydrogen-bond donors (Lipinski definition) is 2. The Hall–Kier alpha value is -4.63. The number of benzene rings is 4. The van der Waals surface area contributed by atoms with Crippen molar-refractivity contribution < 1.29 is 14.0 Å². The minimum Gasteiger partial charge on any atom is -0.568 e. The summed E-state index contributed by atoms with van der Waals surface area (Å²) in [6, 6.07) is 31.8. The molecular formula is C26H18N4O3S. The molecular weight excluding hydrogens is 448 g/mol. The summed E-state index contributed by atoms with van der Waals surface area (Å²) in [7, 11) is 0. The van der Waals surface area contributed by atoms with Crippen LogP contribution in [0.3, 0.4) is 0 Å². The van der Waals surface area contributed by atoms with E-state index in [0.29, 0.717) is 45.5 Å². The Morgan fingerprint density at radius 3 is 1.38 bits per heavy atom. The van der Waals surface area contributed by atoms with Crippen LogP contribution in [0.2, 0.25) is 0 Å². The minimum absolute atomic E-state index is 0.551. The molecule has 0 aliphatic rings. The lowest BCUT2D eigenvalue weighted by atomic mass is 10.2.